The molecule has 1 unspecified atom stereocenters. The summed E-state index contributed by atoms with van der Waals surface area (Å²) in [5.41, 5.74) is 1.99. The number of nitrogens with zero attached hydrogens (tertiary/aromatic N) is 2. The molecule has 3 aromatic rings. The van der Waals surface area contributed by atoms with Gasteiger partial charge in [-0.3, -0.25) is 24.6 Å². The molecule has 3 amide bonds. The van der Waals surface area contributed by atoms with E-state index in [2.05, 4.69) is 10.6 Å². The molecule has 5 rings (SSSR count). The van der Waals surface area contributed by atoms with Crippen LogP contribution in [0.5, 0.6) is 0 Å². The summed E-state index contributed by atoms with van der Waals surface area (Å²) in [7, 11) is 0. The van der Waals surface area contributed by atoms with E-state index in [9.17, 15) is 29.3 Å². The summed E-state index contributed by atoms with van der Waals surface area (Å²) in [4.78, 5) is 63.0. The van der Waals surface area contributed by atoms with Gasteiger partial charge >= 0.3 is 12.1 Å². The lowest BCUT2D eigenvalue weighted by molar-refractivity contribution is -0.384. The van der Waals surface area contributed by atoms with E-state index >= 15 is 0 Å². The van der Waals surface area contributed by atoms with Crippen LogP contribution in [-0.4, -0.2) is 50.9 Å². The Kier molecular flexibility index (Phi) is 8.71. The molecule has 0 radical (unpaired) electrons. The SMILES string of the molecule is CC(=O)NC1=C(C(=O)OC(c2ccccc2)c2ccccc2)N2C(=O)C(NC(=O)OCc3ccc([N+](=O)[O-])cc3)[C@@H]2SC1. The Morgan fingerprint density at radius 1 is 1.00 bits per heavy atom. The van der Waals surface area contributed by atoms with Crippen molar-refractivity contribution >= 4 is 41.3 Å². The molecular formula is C30H26N4O8S. The topological polar surface area (TPSA) is 157 Å². The number of hydrogen-bond acceptors (Lipinski definition) is 9. The molecule has 3 aromatic carbocycles. The van der Waals surface area contributed by atoms with E-state index in [4.69, 9.17) is 9.47 Å². The van der Waals surface area contributed by atoms with Crippen molar-refractivity contribution < 1.29 is 33.6 Å². The van der Waals surface area contributed by atoms with Gasteiger partial charge in [-0.15, -0.1) is 11.8 Å². The van der Waals surface area contributed by atoms with Crippen LogP contribution in [0.25, 0.3) is 0 Å². The Morgan fingerprint density at radius 3 is 2.16 bits per heavy atom. The van der Waals surface area contributed by atoms with Gasteiger partial charge in [0.25, 0.3) is 11.6 Å². The van der Waals surface area contributed by atoms with Crippen LogP contribution in [0.4, 0.5) is 10.5 Å². The molecule has 1 saturated heterocycles. The first-order valence-corrected chi connectivity index (χ1v) is 14.2. The fourth-order valence-corrected chi connectivity index (χ4v) is 5.98. The Hall–Kier alpha value is -5.17. The van der Waals surface area contributed by atoms with Crippen molar-refractivity contribution in [3.05, 3.63) is 123 Å². The molecular weight excluding hydrogens is 576 g/mol. The van der Waals surface area contributed by atoms with Crippen LogP contribution >= 0.6 is 11.8 Å². The van der Waals surface area contributed by atoms with Crippen LogP contribution < -0.4 is 10.6 Å². The van der Waals surface area contributed by atoms with E-state index in [0.717, 1.165) is 11.1 Å². The number of nitro groups is 1. The zero-order chi connectivity index (χ0) is 30.5. The Balaban J connectivity index is 1.31. The number of nitro benzene ring substituents is 1. The molecule has 0 spiro atoms. The minimum atomic E-state index is -0.991. The van der Waals surface area contributed by atoms with Crippen molar-refractivity contribution in [2.24, 2.45) is 0 Å². The zero-order valence-electron chi connectivity index (χ0n) is 22.8. The van der Waals surface area contributed by atoms with Crippen LogP contribution in [-0.2, 0) is 30.5 Å². The van der Waals surface area contributed by atoms with Crippen molar-refractivity contribution in [3.63, 3.8) is 0 Å². The molecule has 43 heavy (non-hydrogen) atoms. The number of rotatable bonds is 9. The molecule has 2 N–H and O–H groups in total. The highest BCUT2D eigenvalue weighted by atomic mass is 32.2. The van der Waals surface area contributed by atoms with Crippen molar-refractivity contribution in [3.8, 4) is 0 Å². The summed E-state index contributed by atoms with van der Waals surface area (Å²) in [5.74, 6) is -1.62. The van der Waals surface area contributed by atoms with Gasteiger partial charge in [-0.25, -0.2) is 9.59 Å². The van der Waals surface area contributed by atoms with Gasteiger partial charge in [-0.2, -0.15) is 0 Å². The third-order valence-electron chi connectivity index (χ3n) is 6.71. The lowest BCUT2D eigenvalue weighted by Gasteiger charge is -2.49. The van der Waals surface area contributed by atoms with Crippen molar-refractivity contribution in [2.45, 2.75) is 31.1 Å². The van der Waals surface area contributed by atoms with Gasteiger partial charge in [0.15, 0.2) is 11.8 Å². The number of β-lactam (4-membered cyclic amide) rings is 1. The number of nitrogens with one attached hydrogen (secondary N) is 2. The Morgan fingerprint density at radius 2 is 1.60 bits per heavy atom. The number of carbonyl (C=O) groups is 4. The quantitative estimate of drug-likeness (QED) is 0.161. The summed E-state index contributed by atoms with van der Waals surface area (Å²) in [5, 5.41) is 15.4. The molecule has 12 nitrogen and oxygen atoms in total. The average molecular weight is 603 g/mol. The number of fused-ring (bicyclic) bond motifs is 1. The van der Waals surface area contributed by atoms with E-state index in [1.54, 1.807) is 0 Å². The third kappa shape index (κ3) is 6.51. The number of esters is 1. The average Bonchev–Trinajstić information content (AvgIpc) is 3.01. The van der Waals surface area contributed by atoms with E-state index in [1.807, 2.05) is 60.7 Å². The molecule has 13 heteroatoms. The molecule has 0 aromatic heterocycles. The van der Waals surface area contributed by atoms with Crippen molar-refractivity contribution in [1.82, 2.24) is 15.5 Å². The molecule has 220 valence electrons. The van der Waals surface area contributed by atoms with Gasteiger partial charge in [0, 0.05) is 24.8 Å². The monoisotopic (exact) mass is 602 g/mol. The highest BCUT2D eigenvalue weighted by molar-refractivity contribution is 8.00. The predicted molar refractivity (Wildman–Crippen MR) is 155 cm³/mol. The molecule has 2 aliphatic heterocycles. The van der Waals surface area contributed by atoms with E-state index < -0.39 is 46.3 Å². The third-order valence-corrected chi connectivity index (χ3v) is 7.99. The maximum atomic E-state index is 13.7. The fourth-order valence-electron chi connectivity index (χ4n) is 4.70. The van der Waals surface area contributed by atoms with Gasteiger partial charge in [0.1, 0.15) is 18.0 Å². The second-order valence-corrected chi connectivity index (χ2v) is 10.8. The molecule has 0 aliphatic carbocycles. The number of carbonyl (C=O) groups excluding carboxylic acids is 4. The highest BCUT2D eigenvalue weighted by Gasteiger charge is 2.55. The summed E-state index contributed by atoms with van der Waals surface area (Å²) in [6, 6.07) is 22.8. The van der Waals surface area contributed by atoms with Crippen LogP contribution in [0.3, 0.4) is 0 Å². The van der Waals surface area contributed by atoms with Crippen molar-refractivity contribution in [2.75, 3.05) is 5.75 Å². The van der Waals surface area contributed by atoms with Gasteiger partial charge < -0.3 is 20.1 Å². The summed E-state index contributed by atoms with van der Waals surface area (Å²) in [6.45, 7) is 1.13. The van der Waals surface area contributed by atoms with Gasteiger partial charge in [-0.05, 0) is 28.8 Å². The van der Waals surface area contributed by atoms with E-state index in [0.29, 0.717) is 5.56 Å². The number of non-ortho nitro benzene ring substituents is 1. The van der Waals surface area contributed by atoms with Gasteiger partial charge in [0.05, 0.1) is 10.6 Å². The molecule has 0 saturated carbocycles. The lowest BCUT2D eigenvalue weighted by Crippen LogP contribution is -2.71. The molecule has 1 fully saturated rings. The van der Waals surface area contributed by atoms with Crippen LogP contribution in [0, 0.1) is 10.1 Å². The summed E-state index contributed by atoms with van der Waals surface area (Å²) < 4.78 is 11.2. The minimum Gasteiger partial charge on any atom is -0.448 e. The smallest absolute Gasteiger partial charge is 0.408 e. The first-order chi connectivity index (χ1) is 20.7. The van der Waals surface area contributed by atoms with Crippen molar-refractivity contribution in [1.29, 1.82) is 0 Å². The minimum absolute atomic E-state index is 0.0949. The number of amides is 3. The van der Waals surface area contributed by atoms with E-state index in [-0.39, 0.29) is 29.4 Å². The highest BCUT2D eigenvalue weighted by Crippen LogP contribution is 2.41. The predicted octanol–water partition coefficient (Wildman–Crippen LogP) is 3.79. The Labute approximate surface area is 250 Å². The number of alkyl carbamates (subject to hydrolysis) is 1. The molecule has 0 bridgehead atoms. The number of benzene rings is 3. The maximum absolute atomic E-state index is 13.7. The van der Waals surface area contributed by atoms with Gasteiger partial charge in [0.2, 0.25) is 5.91 Å². The summed E-state index contributed by atoms with van der Waals surface area (Å²) in [6.07, 6.45) is -1.65. The number of ether oxygens (including phenoxy) is 2. The maximum Gasteiger partial charge on any atom is 0.408 e. The number of thioether (sulfide) groups is 1. The van der Waals surface area contributed by atoms with Crippen LogP contribution in [0.1, 0.15) is 29.7 Å². The second-order valence-electron chi connectivity index (χ2n) is 9.65. The largest absolute Gasteiger partial charge is 0.448 e. The van der Waals surface area contributed by atoms with E-state index in [1.165, 1.54) is 47.9 Å². The Bertz CT molecular complexity index is 1540. The molecule has 2 atom stereocenters. The number of hydrogen-bond donors (Lipinski definition) is 2. The molecule has 2 aliphatic rings. The fraction of sp³-hybridized carbons (Fsp3) is 0.200. The van der Waals surface area contributed by atoms with Gasteiger partial charge in [-0.1, -0.05) is 60.7 Å². The summed E-state index contributed by atoms with van der Waals surface area (Å²) >= 11 is 1.26. The second kappa shape index (κ2) is 12.8. The zero-order valence-corrected chi connectivity index (χ0v) is 23.6. The normalized spacial score (nSPS) is 17.4. The standard InChI is InChI=1S/C30H26N4O8S/c1-18(35)31-23-17-43-28-24(32-30(38)41-16-19-12-14-22(15-13-19)34(39)40)27(36)33(28)25(23)29(37)42-26(20-8-4-2-5-9-20)21-10-6-3-7-11-21/h2-15,24,26,28H,16-17H2,1H3,(H,31,35)(H,32,38)/t24?,28-/m0/s1. The molecule has 2 heterocycles. The lowest BCUT2D eigenvalue weighted by atomic mass is 10.0. The van der Waals surface area contributed by atoms with Crippen LogP contribution in [0.15, 0.2) is 96.3 Å². The first kappa shape index (κ1) is 29.3. The van der Waals surface area contributed by atoms with Crippen LogP contribution in [0.2, 0.25) is 0 Å². The first-order valence-electron chi connectivity index (χ1n) is 13.2.